The van der Waals surface area contributed by atoms with Crippen molar-refractivity contribution in [2.24, 2.45) is 0 Å². The Hall–Kier alpha value is 1.46. The van der Waals surface area contributed by atoms with Gasteiger partial charge in [0.2, 0.25) is 0 Å². The third-order valence-corrected chi connectivity index (χ3v) is 0.406. The molecular formula is C2H5KO2S. The third kappa shape index (κ3) is 9.07. The zero-order valence-corrected chi connectivity index (χ0v) is 7.53. The van der Waals surface area contributed by atoms with Crippen LogP contribution in [-0.2, 0) is 4.79 Å². The number of aliphatic carboxylic acids is 1. The number of hydrogen-bond donors (Lipinski definition) is 2. The van der Waals surface area contributed by atoms with Crippen LogP contribution < -0.4 is 51.4 Å². The Bertz CT molecular complexity index is 51.0. The van der Waals surface area contributed by atoms with Crippen molar-refractivity contribution in [3.05, 3.63) is 0 Å². The number of rotatable bonds is 1. The fourth-order valence-electron chi connectivity index (χ4n) is 0. The summed E-state index contributed by atoms with van der Waals surface area (Å²) < 4.78 is 0. The molecule has 4 heteroatoms. The summed E-state index contributed by atoms with van der Waals surface area (Å²) in [5, 5.41) is 7.65. The smallest absolute Gasteiger partial charge is 1.00 e. The monoisotopic (exact) mass is 132 g/mol. The first-order chi connectivity index (χ1) is 2.27. The molecule has 0 aliphatic heterocycles. The molecule has 0 heterocycles. The Morgan fingerprint density at radius 1 is 2.00 bits per heavy atom. The van der Waals surface area contributed by atoms with E-state index >= 15 is 0 Å². The van der Waals surface area contributed by atoms with E-state index < -0.39 is 5.97 Å². The Kier molecular flexibility index (Phi) is 11.2. The molecule has 2 nitrogen and oxygen atoms in total. The maximum absolute atomic E-state index is 9.29. The number of thiol groups is 1. The molecule has 0 saturated heterocycles. The Morgan fingerprint density at radius 2 is 2.17 bits per heavy atom. The van der Waals surface area contributed by atoms with Crippen LogP contribution in [0, 0.1) is 0 Å². The van der Waals surface area contributed by atoms with E-state index in [4.69, 9.17) is 5.11 Å². The van der Waals surface area contributed by atoms with Crippen LogP contribution in [0.1, 0.15) is 1.43 Å². The molecule has 0 aromatic heterocycles. The third-order valence-electron chi connectivity index (χ3n) is 0.135. The van der Waals surface area contributed by atoms with E-state index in [1.165, 1.54) is 0 Å². The van der Waals surface area contributed by atoms with Gasteiger partial charge in [-0.2, -0.15) is 12.6 Å². The van der Waals surface area contributed by atoms with Crippen molar-refractivity contribution in [2.45, 2.75) is 0 Å². The van der Waals surface area contributed by atoms with Crippen LogP contribution >= 0.6 is 12.6 Å². The van der Waals surface area contributed by atoms with E-state index in [-0.39, 0.29) is 58.6 Å². The van der Waals surface area contributed by atoms with Crippen molar-refractivity contribution in [2.75, 3.05) is 5.75 Å². The fourth-order valence-corrected chi connectivity index (χ4v) is 0. The summed E-state index contributed by atoms with van der Waals surface area (Å²) in [6.45, 7) is 0. The number of carboxylic acids is 1. The van der Waals surface area contributed by atoms with Gasteiger partial charge in [-0.05, 0) is 0 Å². The Balaban J connectivity index is -0.0000000800. The molecule has 0 rings (SSSR count). The normalized spacial score (nSPS) is 6.17. The van der Waals surface area contributed by atoms with Crippen molar-refractivity contribution in [3.63, 3.8) is 0 Å². The molecule has 0 unspecified atom stereocenters. The number of carboxylic acid groups (broad SMARTS) is 1. The second-order valence-corrected chi connectivity index (χ2v) is 0.868. The topological polar surface area (TPSA) is 37.3 Å². The van der Waals surface area contributed by atoms with Crippen LogP contribution in [-0.4, -0.2) is 16.8 Å². The molecule has 0 fully saturated rings. The van der Waals surface area contributed by atoms with Gasteiger partial charge in [-0.3, -0.25) is 4.79 Å². The van der Waals surface area contributed by atoms with E-state index in [0.717, 1.165) is 0 Å². The molecule has 0 saturated carbocycles. The Morgan fingerprint density at radius 3 is 2.17 bits per heavy atom. The van der Waals surface area contributed by atoms with Gasteiger partial charge in [-0.15, -0.1) is 0 Å². The average molecular weight is 132 g/mol. The van der Waals surface area contributed by atoms with E-state index in [0.29, 0.717) is 0 Å². The van der Waals surface area contributed by atoms with Gasteiger partial charge in [-0.25, -0.2) is 0 Å². The van der Waals surface area contributed by atoms with Crippen molar-refractivity contribution >= 4 is 18.6 Å². The molecule has 0 atom stereocenters. The molecule has 0 aromatic rings. The summed E-state index contributed by atoms with van der Waals surface area (Å²) in [5.74, 6) is -0.965. The van der Waals surface area contributed by atoms with E-state index in [2.05, 4.69) is 12.6 Å². The van der Waals surface area contributed by atoms with E-state index in [1.54, 1.807) is 0 Å². The second-order valence-electron chi connectivity index (χ2n) is 0.552. The van der Waals surface area contributed by atoms with E-state index in [9.17, 15) is 4.79 Å². The molecule has 32 valence electrons. The summed E-state index contributed by atoms with van der Waals surface area (Å²) >= 11 is 3.42. The quantitative estimate of drug-likeness (QED) is 0.297. The molecule has 0 aliphatic carbocycles. The summed E-state index contributed by atoms with van der Waals surface area (Å²) in [7, 11) is 0. The largest absolute Gasteiger partial charge is 1.00 e. The van der Waals surface area contributed by atoms with Gasteiger partial charge in [0.25, 0.3) is 0 Å². The molecular weight excluding hydrogens is 127 g/mol. The van der Waals surface area contributed by atoms with Crippen molar-refractivity contribution < 1.29 is 62.7 Å². The molecule has 0 amide bonds. The molecule has 0 spiro atoms. The van der Waals surface area contributed by atoms with Crippen LogP contribution in [0.2, 0.25) is 0 Å². The zero-order chi connectivity index (χ0) is 4.28. The predicted octanol–water partition coefficient (Wildman–Crippen LogP) is -2.88. The number of hydrogen-bond acceptors (Lipinski definition) is 2. The van der Waals surface area contributed by atoms with E-state index in [1.807, 2.05) is 0 Å². The van der Waals surface area contributed by atoms with Crippen molar-refractivity contribution in [1.82, 2.24) is 0 Å². The van der Waals surface area contributed by atoms with Crippen molar-refractivity contribution in [1.29, 1.82) is 0 Å². The van der Waals surface area contributed by atoms with Gasteiger partial charge in [0.05, 0.1) is 5.75 Å². The molecule has 6 heavy (non-hydrogen) atoms. The van der Waals surface area contributed by atoms with Gasteiger partial charge >= 0.3 is 57.4 Å². The average Bonchev–Trinajstić information content (AvgIpc) is 1.38. The summed E-state index contributed by atoms with van der Waals surface area (Å²) in [6.07, 6.45) is 0. The molecule has 0 radical (unpaired) electrons. The minimum atomic E-state index is -0.881. The first-order valence-electron chi connectivity index (χ1n) is 1.10. The first kappa shape index (κ1) is 10.4. The second kappa shape index (κ2) is 6.46. The first-order valence-corrected chi connectivity index (χ1v) is 1.73. The maximum Gasteiger partial charge on any atom is 1.00 e. The van der Waals surface area contributed by atoms with Gasteiger partial charge in [-0.1, -0.05) is 0 Å². The maximum atomic E-state index is 9.29. The summed E-state index contributed by atoms with van der Waals surface area (Å²) in [5.41, 5.74) is 0. The van der Waals surface area contributed by atoms with Gasteiger partial charge in [0, 0.05) is 0 Å². The molecule has 0 aliphatic rings. The van der Waals surface area contributed by atoms with Crippen LogP contribution in [0.25, 0.3) is 0 Å². The van der Waals surface area contributed by atoms with Crippen LogP contribution in [0.3, 0.4) is 0 Å². The van der Waals surface area contributed by atoms with Crippen molar-refractivity contribution in [3.8, 4) is 0 Å². The van der Waals surface area contributed by atoms with Crippen LogP contribution in [0.4, 0.5) is 0 Å². The fraction of sp³-hybridized carbons (Fsp3) is 0.500. The van der Waals surface area contributed by atoms with Crippen LogP contribution in [0.15, 0.2) is 0 Å². The van der Waals surface area contributed by atoms with Gasteiger partial charge in [0.1, 0.15) is 0 Å². The molecule has 0 bridgehead atoms. The summed E-state index contributed by atoms with van der Waals surface area (Å²) in [4.78, 5) is 9.29. The standard InChI is InChI=1S/C2H4O2S.K.H/c3-2(4)1-5;;/h5H,1H2,(H,3,4);;/q;+1;-1. The molecule has 1 N–H and O–H groups in total. The minimum absolute atomic E-state index is 0. The molecule has 0 aromatic carbocycles. The SMILES string of the molecule is O=C(O)CS.[H-].[K+]. The minimum Gasteiger partial charge on any atom is -1.00 e. The predicted molar refractivity (Wildman–Crippen MR) is 22.6 cm³/mol. The zero-order valence-electron chi connectivity index (χ0n) is 4.51. The Labute approximate surface area is 85.6 Å². The van der Waals surface area contributed by atoms with Gasteiger partial charge < -0.3 is 6.53 Å². The van der Waals surface area contributed by atoms with Gasteiger partial charge in [0.15, 0.2) is 0 Å². The van der Waals surface area contributed by atoms with Crippen LogP contribution in [0.5, 0.6) is 0 Å². The summed E-state index contributed by atoms with van der Waals surface area (Å²) in [6, 6.07) is 0. The number of carbonyl (C=O) groups is 1.